The second-order valence-electron chi connectivity index (χ2n) is 18.6. The number of carbonyl (C=O) groups is 3. The summed E-state index contributed by atoms with van der Waals surface area (Å²) >= 11 is 1.59. The SMILES string of the molecule is Cc1ncsc1-c1ccc(C(C)NC(=O)[C@@H]2C[C@@H](O)CN2C(=O)C(NC(=O)CN2CCC(CN3CCN4c5cc(-c6ccccc6O)nnc5NC[C@@H]4C3)CC2)C(C)(C)C)cc1. The van der Waals surface area contributed by atoms with E-state index < -0.39 is 23.6 Å². The van der Waals surface area contributed by atoms with Gasteiger partial charge in [-0.05, 0) is 80.4 Å². The zero-order chi connectivity index (χ0) is 43.7. The maximum Gasteiger partial charge on any atom is 0.246 e. The third-order valence-electron chi connectivity index (χ3n) is 13.0. The van der Waals surface area contributed by atoms with Crippen LogP contribution in [0.15, 0.2) is 60.1 Å². The third kappa shape index (κ3) is 9.58. The Balaban J connectivity index is 0.812. The van der Waals surface area contributed by atoms with Gasteiger partial charge in [-0.15, -0.1) is 21.5 Å². The van der Waals surface area contributed by atoms with Crippen molar-refractivity contribution in [3.63, 3.8) is 0 Å². The number of para-hydroxylation sites is 1. The van der Waals surface area contributed by atoms with E-state index in [1.165, 1.54) is 4.90 Å². The van der Waals surface area contributed by atoms with Crippen molar-refractivity contribution in [1.29, 1.82) is 0 Å². The number of nitrogens with one attached hydrogen (secondary N) is 3. The lowest BCUT2D eigenvalue weighted by Gasteiger charge is -2.47. The minimum absolute atomic E-state index is 0.0268. The lowest BCUT2D eigenvalue weighted by atomic mass is 9.85. The predicted molar refractivity (Wildman–Crippen MR) is 241 cm³/mol. The molecule has 330 valence electrons. The van der Waals surface area contributed by atoms with Gasteiger partial charge in [-0.25, -0.2) is 4.98 Å². The molecule has 3 amide bonds. The van der Waals surface area contributed by atoms with E-state index in [1.54, 1.807) is 23.5 Å². The molecular weight excluding hydrogens is 805 g/mol. The van der Waals surface area contributed by atoms with E-state index in [4.69, 9.17) is 0 Å². The first-order valence-electron chi connectivity index (χ1n) is 21.9. The molecule has 8 rings (SSSR count). The van der Waals surface area contributed by atoms with Crippen LogP contribution in [-0.4, -0.2) is 141 Å². The maximum absolute atomic E-state index is 14.3. The van der Waals surface area contributed by atoms with Crippen molar-refractivity contribution in [1.82, 2.24) is 40.5 Å². The number of hydrogen-bond acceptors (Lipinski definition) is 13. The summed E-state index contributed by atoms with van der Waals surface area (Å²) in [5.74, 6) is 0.565. The van der Waals surface area contributed by atoms with Crippen molar-refractivity contribution < 1.29 is 24.6 Å². The van der Waals surface area contributed by atoms with Crippen LogP contribution in [-0.2, 0) is 14.4 Å². The molecule has 4 aliphatic heterocycles. The van der Waals surface area contributed by atoms with Gasteiger partial charge >= 0.3 is 0 Å². The van der Waals surface area contributed by atoms with Gasteiger partial charge in [0.25, 0.3) is 0 Å². The number of hydrogen-bond donors (Lipinski definition) is 5. The number of likely N-dealkylation sites (tertiary alicyclic amines) is 2. The van der Waals surface area contributed by atoms with E-state index in [1.807, 2.05) is 82.6 Å². The second-order valence-corrected chi connectivity index (χ2v) is 19.4. The molecular formula is C46H60N10O5S. The summed E-state index contributed by atoms with van der Waals surface area (Å²) in [6, 6.07) is 15.5. The van der Waals surface area contributed by atoms with Crippen LogP contribution in [0.2, 0.25) is 0 Å². The van der Waals surface area contributed by atoms with Gasteiger partial charge in [0.1, 0.15) is 17.8 Å². The molecule has 2 unspecified atom stereocenters. The maximum atomic E-state index is 14.3. The Labute approximate surface area is 367 Å². The number of anilines is 2. The van der Waals surface area contributed by atoms with Crippen LogP contribution in [0.1, 0.15) is 64.3 Å². The van der Waals surface area contributed by atoms with Crippen LogP contribution in [0.5, 0.6) is 5.75 Å². The zero-order valence-electron chi connectivity index (χ0n) is 36.4. The van der Waals surface area contributed by atoms with E-state index in [0.29, 0.717) is 23.2 Å². The van der Waals surface area contributed by atoms with Crippen LogP contribution >= 0.6 is 11.3 Å². The molecule has 0 bridgehead atoms. The number of fused-ring (bicyclic) bond motifs is 3. The average Bonchev–Trinajstić information content (AvgIpc) is 3.87. The Morgan fingerprint density at radius 2 is 1.73 bits per heavy atom. The number of thiazole rings is 1. The summed E-state index contributed by atoms with van der Waals surface area (Å²) in [5, 5.41) is 39.6. The summed E-state index contributed by atoms with van der Waals surface area (Å²) < 4.78 is 0. The van der Waals surface area contributed by atoms with Crippen molar-refractivity contribution in [2.45, 2.75) is 84.2 Å². The lowest BCUT2D eigenvalue weighted by molar-refractivity contribution is -0.144. The number of aromatic hydroxyl groups is 1. The molecule has 3 saturated heterocycles. The first-order chi connectivity index (χ1) is 29.7. The number of β-amino-alcohol motifs (C(OH)–C–C–N with tert-alkyl or cyclic N) is 1. The Bertz CT molecular complexity index is 2240. The van der Waals surface area contributed by atoms with Gasteiger partial charge in [0.15, 0.2) is 5.82 Å². The molecule has 3 fully saturated rings. The molecule has 0 aliphatic carbocycles. The summed E-state index contributed by atoms with van der Waals surface area (Å²) in [6.07, 6.45) is 1.25. The number of amides is 3. The van der Waals surface area contributed by atoms with E-state index in [9.17, 15) is 24.6 Å². The number of rotatable bonds is 11. The predicted octanol–water partition coefficient (Wildman–Crippen LogP) is 4.28. The molecule has 4 aliphatic rings. The minimum atomic E-state index is -0.877. The lowest BCUT2D eigenvalue weighted by Crippen LogP contribution is -2.59. The van der Waals surface area contributed by atoms with E-state index >= 15 is 0 Å². The molecule has 0 radical (unpaired) electrons. The summed E-state index contributed by atoms with van der Waals surface area (Å²) in [5.41, 5.74) is 6.50. The van der Waals surface area contributed by atoms with Crippen LogP contribution in [0.4, 0.5) is 11.5 Å². The second kappa shape index (κ2) is 18.3. The smallest absolute Gasteiger partial charge is 0.246 e. The van der Waals surface area contributed by atoms with Crippen LogP contribution in [0.3, 0.4) is 0 Å². The Hall–Kier alpha value is -5.16. The summed E-state index contributed by atoms with van der Waals surface area (Å²) in [6.45, 7) is 16.0. The van der Waals surface area contributed by atoms with E-state index in [0.717, 1.165) is 91.9 Å². The molecule has 2 aromatic heterocycles. The highest BCUT2D eigenvalue weighted by molar-refractivity contribution is 7.13. The fourth-order valence-corrected chi connectivity index (χ4v) is 10.3. The fraction of sp³-hybridized carbons (Fsp3) is 0.522. The Morgan fingerprint density at radius 3 is 2.44 bits per heavy atom. The monoisotopic (exact) mass is 864 g/mol. The summed E-state index contributed by atoms with van der Waals surface area (Å²) in [4.78, 5) is 55.7. The number of aromatic nitrogens is 3. The van der Waals surface area contributed by atoms with Gasteiger partial charge in [0.05, 0.1) is 52.2 Å². The van der Waals surface area contributed by atoms with Crippen molar-refractivity contribution in [3.05, 3.63) is 71.4 Å². The molecule has 16 heteroatoms. The van der Waals surface area contributed by atoms with Gasteiger partial charge in [-0.1, -0.05) is 57.2 Å². The first kappa shape index (κ1) is 43.5. The molecule has 15 nitrogen and oxygen atoms in total. The molecule has 0 spiro atoms. The average molecular weight is 865 g/mol. The van der Waals surface area contributed by atoms with Crippen LogP contribution in [0.25, 0.3) is 21.7 Å². The first-order valence-corrected chi connectivity index (χ1v) is 22.8. The number of benzene rings is 2. The van der Waals surface area contributed by atoms with Crippen molar-refractivity contribution in [2.24, 2.45) is 11.3 Å². The van der Waals surface area contributed by atoms with Gasteiger partial charge in [0.2, 0.25) is 17.7 Å². The number of phenolic OH excluding ortho intramolecular Hbond substituents is 1. The highest BCUT2D eigenvalue weighted by Crippen LogP contribution is 2.37. The van der Waals surface area contributed by atoms with Gasteiger partial charge in [-0.2, -0.15) is 0 Å². The van der Waals surface area contributed by atoms with E-state index in [2.05, 4.69) is 45.8 Å². The largest absolute Gasteiger partial charge is 0.507 e. The Morgan fingerprint density at radius 1 is 0.968 bits per heavy atom. The van der Waals surface area contributed by atoms with Gasteiger partial charge in [-0.3, -0.25) is 24.2 Å². The molecule has 6 heterocycles. The standard InChI is InChI=1S/C46H60N10O5S/c1-28(31-10-12-32(13-11-31)41-29(2)48-27-62-41)49-44(60)38-20-34(57)25-56(38)45(61)42(46(3,4)5)50-40(59)26-53-16-14-30(15-17-53)23-54-18-19-55-33(24-54)22-47-43-37(55)21-36(51-52-43)35-8-6-7-9-39(35)58/h6-13,21,27-28,30,33-34,38,42,57-58H,14-20,22-26H2,1-5H3,(H,47,52)(H,49,60)(H,50,59)/t28?,33-,34-,38+,42?/m1/s1. The van der Waals surface area contributed by atoms with Crippen LogP contribution in [0, 0.1) is 18.3 Å². The number of phenols is 1. The number of nitrogens with zero attached hydrogens (tertiary/aromatic N) is 7. The van der Waals surface area contributed by atoms with E-state index in [-0.39, 0.29) is 49.0 Å². The quantitative estimate of drug-likeness (QED) is 0.145. The fourth-order valence-electron chi connectivity index (χ4n) is 9.46. The molecule has 62 heavy (non-hydrogen) atoms. The topological polar surface area (TPSA) is 179 Å². The van der Waals surface area contributed by atoms with Gasteiger partial charge < -0.3 is 36.0 Å². The number of piperidine rings is 1. The molecule has 0 saturated carbocycles. The van der Waals surface area contributed by atoms with Crippen molar-refractivity contribution >= 4 is 40.6 Å². The minimum Gasteiger partial charge on any atom is -0.507 e. The number of aryl methyl sites for hydroxylation is 1. The highest BCUT2D eigenvalue weighted by atomic mass is 32.1. The third-order valence-corrected chi connectivity index (χ3v) is 14.0. The number of aliphatic hydroxyl groups is 1. The number of carbonyl (C=O) groups excluding carboxylic acids is 3. The van der Waals surface area contributed by atoms with Gasteiger partial charge in [0, 0.05) is 51.3 Å². The van der Waals surface area contributed by atoms with Crippen LogP contribution < -0.4 is 20.9 Å². The molecule has 2 aromatic carbocycles. The van der Waals surface area contributed by atoms with Crippen molar-refractivity contribution in [2.75, 3.05) is 69.1 Å². The number of piperazine rings is 1. The number of aliphatic hydroxyl groups excluding tert-OH is 1. The normalized spacial score (nSPS) is 22.0. The molecule has 5 N–H and O–H groups in total. The summed E-state index contributed by atoms with van der Waals surface area (Å²) in [7, 11) is 0. The highest BCUT2D eigenvalue weighted by Gasteiger charge is 2.45. The van der Waals surface area contributed by atoms with Crippen molar-refractivity contribution in [3.8, 4) is 27.4 Å². The zero-order valence-corrected chi connectivity index (χ0v) is 37.2. The molecule has 5 atom stereocenters. The molecule has 4 aromatic rings. The Kier molecular flexibility index (Phi) is 12.8.